The van der Waals surface area contributed by atoms with Gasteiger partial charge in [-0.25, -0.2) is 4.39 Å². The summed E-state index contributed by atoms with van der Waals surface area (Å²) in [5.74, 6) is -0.225. The van der Waals surface area contributed by atoms with E-state index >= 15 is 0 Å². The Labute approximate surface area is 110 Å². The second-order valence-corrected chi connectivity index (χ2v) is 4.38. The van der Waals surface area contributed by atoms with E-state index in [9.17, 15) is 4.39 Å². The SMILES string of the molecule is Fc1ccc(NCc2cncc3ccccc23)cc1. The first-order valence-electron chi connectivity index (χ1n) is 6.14. The zero-order valence-corrected chi connectivity index (χ0v) is 10.3. The van der Waals surface area contributed by atoms with Gasteiger partial charge in [0.25, 0.3) is 0 Å². The Bertz CT molecular complexity index is 687. The lowest BCUT2D eigenvalue weighted by atomic mass is 10.1. The van der Waals surface area contributed by atoms with E-state index in [0.717, 1.165) is 16.6 Å². The summed E-state index contributed by atoms with van der Waals surface area (Å²) in [6.07, 6.45) is 3.72. The zero-order chi connectivity index (χ0) is 13.1. The minimum Gasteiger partial charge on any atom is -0.381 e. The van der Waals surface area contributed by atoms with Crippen molar-refractivity contribution in [2.45, 2.75) is 6.54 Å². The predicted molar refractivity (Wildman–Crippen MR) is 75.5 cm³/mol. The molecule has 0 saturated heterocycles. The van der Waals surface area contributed by atoms with Gasteiger partial charge >= 0.3 is 0 Å². The Morgan fingerprint density at radius 1 is 0.947 bits per heavy atom. The summed E-state index contributed by atoms with van der Waals surface area (Å²) < 4.78 is 12.8. The van der Waals surface area contributed by atoms with Gasteiger partial charge in [-0.3, -0.25) is 4.98 Å². The van der Waals surface area contributed by atoms with Crippen LogP contribution in [0, 0.1) is 5.82 Å². The molecule has 0 aliphatic rings. The highest BCUT2D eigenvalue weighted by Crippen LogP contribution is 2.18. The first-order chi connectivity index (χ1) is 9.33. The Morgan fingerprint density at radius 3 is 2.58 bits per heavy atom. The molecule has 0 spiro atoms. The molecule has 0 radical (unpaired) electrons. The summed E-state index contributed by atoms with van der Waals surface area (Å²) in [7, 11) is 0. The molecule has 0 aliphatic heterocycles. The smallest absolute Gasteiger partial charge is 0.123 e. The van der Waals surface area contributed by atoms with Crippen molar-refractivity contribution < 1.29 is 4.39 Å². The lowest BCUT2D eigenvalue weighted by Gasteiger charge is -2.08. The molecule has 0 fully saturated rings. The highest BCUT2D eigenvalue weighted by Gasteiger charge is 2.01. The summed E-state index contributed by atoms with van der Waals surface area (Å²) in [6, 6.07) is 14.5. The third-order valence-electron chi connectivity index (χ3n) is 3.08. The number of benzene rings is 2. The van der Waals surface area contributed by atoms with Crippen LogP contribution in [0.15, 0.2) is 60.9 Å². The van der Waals surface area contributed by atoms with Crippen molar-refractivity contribution in [1.29, 1.82) is 0 Å². The molecule has 3 heteroatoms. The molecule has 19 heavy (non-hydrogen) atoms. The van der Waals surface area contributed by atoms with Gasteiger partial charge in [0.15, 0.2) is 0 Å². The van der Waals surface area contributed by atoms with Gasteiger partial charge in [0.1, 0.15) is 5.82 Å². The lowest BCUT2D eigenvalue weighted by molar-refractivity contribution is 0.628. The van der Waals surface area contributed by atoms with Gasteiger partial charge in [-0.2, -0.15) is 0 Å². The number of pyridine rings is 1. The molecule has 0 bridgehead atoms. The molecule has 3 aromatic rings. The number of anilines is 1. The fourth-order valence-electron chi connectivity index (χ4n) is 2.08. The molecule has 1 N–H and O–H groups in total. The van der Waals surface area contributed by atoms with E-state index in [1.165, 1.54) is 17.5 Å². The first kappa shape index (κ1) is 11.7. The molecule has 0 atom stereocenters. The van der Waals surface area contributed by atoms with Crippen LogP contribution in [0.2, 0.25) is 0 Å². The minimum atomic E-state index is -0.225. The van der Waals surface area contributed by atoms with Crippen molar-refractivity contribution in [3.05, 3.63) is 72.3 Å². The molecule has 1 aromatic heterocycles. The van der Waals surface area contributed by atoms with Crippen molar-refractivity contribution in [3.63, 3.8) is 0 Å². The van der Waals surface area contributed by atoms with Crippen molar-refractivity contribution >= 4 is 16.5 Å². The van der Waals surface area contributed by atoms with E-state index in [4.69, 9.17) is 0 Å². The van der Waals surface area contributed by atoms with Gasteiger partial charge in [-0.05, 0) is 35.2 Å². The van der Waals surface area contributed by atoms with Crippen LogP contribution >= 0.6 is 0 Å². The van der Waals surface area contributed by atoms with Crippen molar-refractivity contribution in [3.8, 4) is 0 Å². The number of hydrogen-bond donors (Lipinski definition) is 1. The number of nitrogens with zero attached hydrogens (tertiary/aromatic N) is 1. The molecule has 0 unspecified atom stereocenters. The fraction of sp³-hybridized carbons (Fsp3) is 0.0625. The summed E-state index contributed by atoms with van der Waals surface area (Å²) in [6.45, 7) is 0.667. The Morgan fingerprint density at radius 2 is 1.74 bits per heavy atom. The molecule has 2 aromatic carbocycles. The minimum absolute atomic E-state index is 0.225. The van der Waals surface area contributed by atoms with E-state index in [0.29, 0.717) is 6.54 Å². The zero-order valence-electron chi connectivity index (χ0n) is 10.3. The van der Waals surface area contributed by atoms with Crippen LogP contribution in [0.5, 0.6) is 0 Å². The van der Waals surface area contributed by atoms with Crippen LogP contribution in [0.3, 0.4) is 0 Å². The van der Waals surface area contributed by atoms with Crippen molar-refractivity contribution in [2.75, 3.05) is 5.32 Å². The van der Waals surface area contributed by atoms with Gasteiger partial charge in [0.05, 0.1) is 0 Å². The van der Waals surface area contributed by atoms with E-state index in [-0.39, 0.29) is 5.82 Å². The van der Waals surface area contributed by atoms with E-state index < -0.39 is 0 Å². The Balaban J connectivity index is 1.84. The molecule has 1 heterocycles. The van der Waals surface area contributed by atoms with E-state index in [2.05, 4.69) is 16.4 Å². The summed E-state index contributed by atoms with van der Waals surface area (Å²) in [5.41, 5.74) is 2.02. The summed E-state index contributed by atoms with van der Waals surface area (Å²) >= 11 is 0. The maximum atomic E-state index is 12.8. The molecule has 94 valence electrons. The van der Waals surface area contributed by atoms with Crippen LogP contribution in [0.1, 0.15) is 5.56 Å². The Kier molecular flexibility index (Phi) is 3.11. The maximum absolute atomic E-state index is 12.8. The third kappa shape index (κ3) is 2.55. The van der Waals surface area contributed by atoms with Gasteiger partial charge < -0.3 is 5.32 Å². The number of rotatable bonds is 3. The average Bonchev–Trinajstić information content (AvgIpc) is 2.47. The molecular weight excluding hydrogens is 239 g/mol. The molecule has 0 amide bonds. The van der Waals surface area contributed by atoms with E-state index in [1.807, 2.05) is 30.6 Å². The molecule has 2 nitrogen and oxygen atoms in total. The van der Waals surface area contributed by atoms with Crippen LogP contribution < -0.4 is 5.32 Å². The highest BCUT2D eigenvalue weighted by atomic mass is 19.1. The normalized spacial score (nSPS) is 10.6. The topological polar surface area (TPSA) is 24.9 Å². The molecular formula is C16H13FN2. The molecule has 3 rings (SSSR count). The quantitative estimate of drug-likeness (QED) is 0.762. The standard InChI is InChI=1S/C16H13FN2/c17-14-5-7-15(8-6-14)19-11-13-10-18-9-12-3-1-2-4-16(12)13/h1-10,19H,11H2. The van der Waals surface area contributed by atoms with Crippen molar-refractivity contribution in [2.24, 2.45) is 0 Å². The molecule has 0 aliphatic carbocycles. The van der Waals surface area contributed by atoms with Crippen LogP contribution in [0.4, 0.5) is 10.1 Å². The number of hydrogen-bond acceptors (Lipinski definition) is 2. The second-order valence-electron chi connectivity index (χ2n) is 4.38. The molecule has 0 saturated carbocycles. The summed E-state index contributed by atoms with van der Waals surface area (Å²) in [5, 5.41) is 5.59. The predicted octanol–water partition coefficient (Wildman–Crippen LogP) is 3.99. The monoisotopic (exact) mass is 252 g/mol. The Hall–Kier alpha value is -2.42. The second kappa shape index (κ2) is 5.06. The fourth-order valence-corrected chi connectivity index (χ4v) is 2.08. The maximum Gasteiger partial charge on any atom is 0.123 e. The highest BCUT2D eigenvalue weighted by molar-refractivity contribution is 5.84. The third-order valence-corrected chi connectivity index (χ3v) is 3.08. The van der Waals surface area contributed by atoms with Gasteiger partial charge in [-0.1, -0.05) is 24.3 Å². The van der Waals surface area contributed by atoms with Crippen LogP contribution in [-0.2, 0) is 6.54 Å². The van der Waals surface area contributed by atoms with Crippen LogP contribution in [-0.4, -0.2) is 4.98 Å². The van der Waals surface area contributed by atoms with Gasteiger partial charge in [0.2, 0.25) is 0 Å². The number of fused-ring (bicyclic) bond motifs is 1. The average molecular weight is 252 g/mol. The number of halogens is 1. The number of aromatic nitrogens is 1. The van der Waals surface area contributed by atoms with Gasteiger partial charge in [0, 0.05) is 30.0 Å². The lowest BCUT2D eigenvalue weighted by Crippen LogP contribution is -2.00. The van der Waals surface area contributed by atoms with Gasteiger partial charge in [-0.15, -0.1) is 0 Å². The first-order valence-corrected chi connectivity index (χ1v) is 6.14. The van der Waals surface area contributed by atoms with Crippen LogP contribution in [0.25, 0.3) is 10.8 Å². The van der Waals surface area contributed by atoms with Crippen molar-refractivity contribution in [1.82, 2.24) is 4.98 Å². The number of nitrogens with one attached hydrogen (secondary N) is 1. The van der Waals surface area contributed by atoms with E-state index in [1.54, 1.807) is 12.1 Å². The summed E-state index contributed by atoms with van der Waals surface area (Å²) in [4.78, 5) is 4.24. The largest absolute Gasteiger partial charge is 0.381 e.